The predicted octanol–water partition coefficient (Wildman–Crippen LogP) is 1.39. The van der Waals surface area contributed by atoms with Crippen molar-refractivity contribution in [2.75, 3.05) is 6.61 Å². The minimum atomic E-state index is 0.465. The van der Waals surface area contributed by atoms with Crippen molar-refractivity contribution in [2.45, 2.75) is 44.9 Å². The van der Waals surface area contributed by atoms with E-state index in [2.05, 4.69) is 17.3 Å². The molecule has 1 N–H and O–H groups in total. The van der Waals surface area contributed by atoms with Gasteiger partial charge in [-0.25, -0.2) is 0 Å². The highest BCUT2D eigenvalue weighted by Gasteiger charge is 2.40. The molecule has 0 amide bonds. The summed E-state index contributed by atoms with van der Waals surface area (Å²) < 4.78 is 7.76. The van der Waals surface area contributed by atoms with Crippen LogP contribution in [0.25, 0.3) is 0 Å². The Kier molecular flexibility index (Phi) is 2.92. The lowest BCUT2D eigenvalue weighted by molar-refractivity contribution is 0.0808. The zero-order valence-corrected chi connectivity index (χ0v) is 10.6. The zero-order chi connectivity index (χ0) is 11.8. The Labute approximate surface area is 102 Å². The summed E-state index contributed by atoms with van der Waals surface area (Å²) in [6.45, 7) is 3.95. The van der Waals surface area contributed by atoms with Gasteiger partial charge in [0.15, 0.2) is 0 Å². The first-order valence-corrected chi connectivity index (χ1v) is 6.58. The van der Waals surface area contributed by atoms with E-state index in [1.54, 1.807) is 0 Å². The second-order valence-corrected chi connectivity index (χ2v) is 5.33. The molecule has 4 nitrogen and oxygen atoms in total. The van der Waals surface area contributed by atoms with E-state index in [-0.39, 0.29) is 0 Å². The highest BCUT2D eigenvalue weighted by molar-refractivity contribution is 5.15. The Morgan fingerprint density at radius 2 is 2.29 bits per heavy atom. The van der Waals surface area contributed by atoms with E-state index in [1.807, 2.05) is 17.9 Å². The van der Waals surface area contributed by atoms with Gasteiger partial charge in [-0.3, -0.25) is 4.68 Å². The van der Waals surface area contributed by atoms with Crippen molar-refractivity contribution in [3.8, 4) is 0 Å². The van der Waals surface area contributed by atoms with Crippen LogP contribution in [0.1, 0.15) is 30.5 Å². The monoisotopic (exact) mass is 235 g/mol. The molecule has 94 valence electrons. The molecule has 1 aliphatic heterocycles. The molecule has 2 fully saturated rings. The maximum absolute atomic E-state index is 5.83. The van der Waals surface area contributed by atoms with Crippen molar-refractivity contribution in [3.05, 3.63) is 17.5 Å². The van der Waals surface area contributed by atoms with Crippen LogP contribution in [0.2, 0.25) is 0 Å². The molecule has 0 spiro atoms. The van der Waals surface area contributed by atoms with Gasteiger partial charge in [0.2, 0.25) is 0 Å². The first-order chi connectivity index (χ1) is 8.25. The van der Waals surface area contributed by atoms with Crippen molar-refractivity contribution in [1.82, 2.24) is 15.1 Å². The Hall–Kier alpha value is -0.870. The highest BCUT2D eigenvalue weighted by Crippen LogP contribution is 2.38. The topological polar surface area (TPSA) is 39.1 Å². The van der Waals surface area contributed by atoms with Crippen molar-refractivity contribution in [3.63, 3.8) is 0 Å². The van der Waals surface area contributed by atoms with Gasteiger partial charge in [0, 0.05) is 37.5 Å². The molecule has 0 radical (unpaired) electrons. The molecule has 1 saturated carbocycles. The third kappa shape index (κ3) is 2.24. The number of aryl methyl sites for hydroxylation is 1. The summed E-state index contributed by atoms with van der Waals surface area (Å²) in [5.41, 5.74) is 2.55. The number of hydrogen-bond donors (Lipinski definition) is 1. The van der Waals surface area contributed by atoms with E-state index in [0.717, 1.165) is 25.5 Å². The number of aromatic nitrogens is 2. The smallest absolute Gasteiger partial charge is 0.0757 e. The molecule has 0 bridgehead atoms. The van der Waals surface area contributed by atoms with E-state index >= 15 is 0 Å². The van der Waals surface area contributed by atoms with E-state index in [4.69, 9.17) is 4.74 Å². The lowest BCUT2D eigenvalue weighted by Crippen LogP contribution is -2.37. The van der Waals surface area contributed by atoms with Crippen LogP contribution in [0.15, 0.2) is 6.20 Å². The molecule has 0 aromatic carbocycles. The Bertz CT molecular complexity index is 397. The average Bonchev–Trinajstić information content (AvgIpc) is 2.99. The largest absolute Gasteiger partial charge is 0.376 e. The van der Waals surface area contributed by atoms with Crippen LogP contribution in [0.3, 0.4) is 0 Å². The summed E-state index contributed by atoms with van der Waals surface area (Å²) in [4.78, 5) is 0. The third-order valence-electron chi connectivity index (χ3n) is 4.11. The number of hydrogen-bond acceptors (Lipinski definition) is 3. The molecule has 1 aliphatic carbocycles. The summed E-state index contributed by atoms with van der Waals surface area (Å²) in [5, 5.41) is 7.92. The van der Waals surface area contributed by atoms with Crippen LogP contribution in [-0.4, -0.2) is 28.5 Å². The van der Waals surface area contributed by atoms with E-state index in [1.165, 1.54) is 24.1 Å². The lowest BCUT2D eigenvalue weighted by atomic mass is 10.1. The van der Waals surface area contributed by atoms with Crippen molar-refractivity contribution in [1.29, 1.82) is 0 Å². The van der Waals surface area contributed by atoms with Gasteiger partial charge in [-0.2, -0.15) is 5.10 Å². The average molecular weight is 235 g/mol. The summed E-state index contributed by atoms with van der Waals surface area (Å²) in [7, 11) is 1.99. The van der Waals surface area contributed by atoms with Gasteiger partial charge >= 0.3 is 0 Å². The third-order valence-corrected chi connectivity index (χ3v) is 4.11. The molecular weight excluding hydrogens is 214 g/mol. The van der Waals surface area contributed by atoms with Gasteiger partial charge in [-0.15, -0.1) is 0 Å². The predicted molar refractivity (Wildman–Crippen MR) is 65.7 cm³/mol. The minimum Gasteiger partial charge on any atom is -0.376 e. The molecule has 2 heterocycles. The second kappa shape index (κ2) is 4.42. The molecule has 3 rings (SSSR count). The van der Waals surface area contributed by atoms with Crippen molar-refractivity contribution < 1.29 is 4.74 Å². The fourth-order valence-electron chi connectivity index (χ4n) is 2.68. The van der Waals surface area contributed by atoms with Gasteiger partial charge in [-0.05, 0) is 32.1 Å². The van der Waals surface area contributed by atoms with E-state index in [9.17, 15) is 0 Å². The number of nitrogens with one attached hydrogen (secondary N) is 1. The number of nitrogens with zero attached hydrogens (tertiary/aromatic N) is 2. The molecular formula is C13H21N3O. The Balaban J connectivity index is 1.58. The fourth-order valence-corrected chi connectivity index (χ4v) is 2.68. The Morgan fingerprint density at radius 3 is 2.94 bits per heavy atom. The number of ether oxygens (including phenoxy) is 1. The molecule has 1 saturated heterocycles. The summed E-state index contributed by atoms with van der Waals surface area (Å²) in [5.74, 6) is 0.824. The molecule has 17 heavy (non-hydrogen) atoms. The molecule has 2 aliphatic rings. The molecule has 2 unspecified atom stereocenters. The van der Waals surface area contributed by atoms with E-state index in [0.29, 0.717) is 12.1 Å². The highest BCUT2D eigenvalue weighted by atomic mass is 16.5. The van der Waals surface area contributed by atoms with Crippen LogP contribution in [0, 0.1) is 12.8 Å². The Morgan fingerprint density at radius 1 is 1.47 bits per heavy atom. The summed E-state index contributed by atoms with van der Waals surface area (Å²) >= 11 is 0. The first kappa shape index (κ1) is 11.2. The van der Waals surface area contributed by atoms with Crippen molar-refractivity contribution >= 4 is 0 Å². The number of rotatable bonds is 4. The van der Waals surface area contributed by atoms with Crippen molar-refractivity contribution in [2.24, 2.45) is 13.0 Å². The normalized spacial score (nSPS) is 28.8. The maximum atomic E-state index is 5.83. The van der Waals surface area contributed by atoms with Gasteiger partial charge in [0.25, 0.3) is 0 Å². The van der Waals surface area contributed by atoms with Gasteiger partial charge in [0.1, 0.15) is 0 Å². The summed E-state index contributed by atoms with van der Waals surface area (Å²) in [6, 6.07) is 0.544. The van der Waals surface area contributed by atoms with Crippen LogP contribution >= 0.6 is 0 Å². The van der Waals surface area contributed by atoms with Crippen LogP contribution < -0.4 is 5.32 Å². The van der Waals surface area contributed by atoms with Crippen LogP contribution in [0.4, 0.5) is 0 Å². The lowest BCUT2D eigenvalue weighted by Gasteiger charge is -2.19. The standard InChI is InChI=1S/C13H21N3O/c1-9-11(8-15-16(9)2)7-14-12-5-6-17-13(12)10-3-4-10/h8,10,12-14H,3-7H2,1-2H3. The SMILES string of the molecule is Cc1c(CNC2CCOC2C2CC2)cnn1C. The van der Waals surface area contributed by atoms with Gasteiger partial charge in [-0.1, -0.05) is 0 Å². The minimum absolute atomic E-state index is 0.465. The van der Waals surface area contributed by atoms with Gasteiger partial charge in [0.05, 0.1) is 12.3 Å². The van der Waals surface area contributed by atoms with Gasteiger partial charge < -0.3 is 10.1 Å². The first-order valence-electron chi connectivity index (χ1n) is 6.58. The quantitative estimate of drug-likeness (QED) is 0.857. The van der Waals surface area contributed by atoms with Crippen LogP contribution in [-0.2, 0) is 18.3 Å². The molecule has 1 aromatic rings. The fraction of sp³-hybridized carbons (Fsp3) is 0.769. The maximum Gasteiger partial charge on any atom is 0.0757 e. The van der Waals surface area contributed by atoms with E-state index < -0.39 is 0 Å². The molecule has 2 atom stereocenters. The second-order valence-electron chi connectivity index (χ2n) is 5.33. The zero-order valence-electron chi connectivity index (χ0n) is 10.6. The van der Waals surface area contributed by atoms with Crippen LogP contribution in [0.5, 0.6) is 0 Å². The molecule has 1 aromatic heterocycles. The summed E-state index contributed by atoms with van der Waals surface area (Å²) in [6.07, 6.45) is 6.29. The molecule has 4 heteroatoms.